The molecule has 128 valence electrons. The third kappa shape index (κ3) is 5.98. The molecule has 1 amide bonds. The van der Waals surface area contributed by atoms with Crippen molar-refractivity contribution in [2.24, 2.45) is 0 Å². The summed E-state index contributed by atoms with van der Waals surface area (Å²) >= 11 is 3.34. The Morgan fingerprint density at radius 3 is 2.71 bits per heavy atom. The predicted molar refractivity (Wildman–Crippen MR) is 97.9 cm³/mol. The fourth-order valence-corrected chi connectivity index (χ4v) is 2.78. The maximum Gasteiger partial charge on any atom is 0.258 e. The summed E-state index contributed by atoms with van der Waals surface area (Å²) in [6, 6.07) is 15.6. The first-order chi connectivity index (χ1) is 11.6. The lowest BCUT2D eigenvalue weighted by molar-refractivity contribution is -0.123. The lowest BCUT2D eigenvalue weighted by Crippen LogP contribution is -2.36. The Kier molecular flexibility index (Phi) is 7.28. The molecule has 5 heteroatoms. The second-order valence-electron chi connectivity index (χ2n) is 5.69. The zero-order valence-corrected chi connectivity index (χ0v) is 15.3. The molecule has 0 aliphatic heterocycles. The fourth-order valence-electron chi connectivity index (χ4n) is 2.37. The molecule has 0 heterocycles. The van der Waals surface area contributed by atoms with Gasteiger partial charge in [0.15, 0.2) is 6.61 Å². The Hall–Kier alpha value is -1.85. The van der Waals surface area contributed by atoms with Crippen molar-refractivity contribution in [1.82, 2.24) is 5.32 Å². The second kappa shape index (κ2) is 9.45. The van der Waals surface area contributed by atoms with Crippen molar-refractivity contribution in [3.8, 4) is 5.75 Å². The van der Waals surface area contributed by atoms with Gasteiger partial charge in [0.1, 0.15) is 5.75 Å². The summed E-state index contributed by atoms with van der Waals surface area (Å²) in [5.74, 6) is 0.357. The number of ether oxygens (including phenoxy) is 1. The van der Waals surface area contributed by atoms with Crippen LogP contribution in [0.2, 0.25) is 0 Å². The van der Waals surface area contributed by atoms with Gasteiger partial charge in [0.05, 0.1) is 6.61 Å². The van der Waals surface area contributed by atoms with Crippen LogP contribution in [0.15, 0.2) is 53.0 Å². The topological polar surface area (TPSA) is 58.6 Å². The SMILES string of the molecule is C[C@H](CCc1ccccc1)NC(=O)COc1ccc(Br)cc1CO. The predicted octanol–water partition coefficient (Wildman–Crippen LogP) is 3.46. The zero-order valence-electron chi connectivity index (χ0n) is 13.7. The summed E-state index contributed by atoms with van der Waals surface area (Å²) in [4.78, 5) is 12.0. The van der Waals surface area contributed by atoms with Crippen LogP contribution in [-0.2, 0) is 17.8 Å². The van der Waals surface area contributed by atoms with Crippen LogP contribution in [0, 0.1) is 0 Å². The number of halogens is 1. The van der Waals surface area contributed by atoms with Gasteiger partial charge in [-0.25, -0.2) is 0 Å². The van der Waals surface area contributed by atoms with Crippen LogP contribution in [0.1, 0.15) is 24.5 Å². The monoisotopic (exact) mass is 391 g/mol. The summed E-state index contributed by atoms with van der Waals surface area (Å²) in [5, 5.41) is 12.3. The smallest absolute Gasteiger partial charge is 0.258 e. The highest BCUT2D eigenvalue weighted by Crippen LogP contribution is 2.23. The number of hydrogen-bond donors (Lipinski definition) is 2. The first-order valence-electron chi connectivity index (χ1n) is 7.94. The molecule has 2 aromatic carbocycles. The van der Waals surface area contributed by atoms with Gasteiger partial charge in [-0.3, -0.25) is 4.79 Å². The number of benzene rings is 2. The fraction of sp³-hybridized carbons (Fsp3) is 0.316. The van der Waals surface area contributed by atoms with Crippen molar-refractivity contribution >= 4 is 21.8 Å². The van der Waals surface area contributed by atoms with Crippen LogP contribution in [0.5, 0.6) is 5.75 Å². The molecule has 0 saturated carbocycles. The Morgan fingerprint density at radius 2 is 2.00 bits per heavy atom. The molecule has 0 aliphatic rings. The van der Waals surface area contributed by atoms with E-state index in [0.29, 0.717) is 11.3 Å². The minimum Gasteiger partial charge on any atom is -0.483 e. The zero-order chi connectivity index (χ0) is 17.4. The van der Waals surface area contributed by atoms with E-state index in [1.807, 2.05) is 31.2 Å². The van der Waals surface area contributed by atoms with E-state index < -0.39 is 0 Å². The average Bonchev–Trinajstić information content (AvgIpc) is 2.59. The van der Waals surface area contributed by atoms with Gasteiger partial charge in [0, 0.05) is 16.1 Å². The molecule has 4 nitrogen and oxygen atoms in total. The maximum absolute atomic E-state index is 12.0. The van der Waals surface area contributed by atoms with Crippen molar-refractivity contribution in [2.45, 2.75) is 32.4 Å². The summed E-state index contributed by atoms with van der Waals surface area (Å²) in [6.45, 7) is 1.79. The third-order valence-corrected chi connectivity index (χ3v) is 4.16. The maximum atomic E-state index is 12.0. The molecule has 0 radical (unpaired) electrons. The number of aliphatic hydroxyl groups is 1. The molecule has 0 saturated heterocycles. The van der Waals surface area contributed by atoms with E-state index in [9.17, 15) is 9.90 Å². The summed E-state index contributed by atoms with van der Waals surface area (Å²) in [6.07, 6.45) is 1.79. The molecule has 1 atom stereocenters. The van der Waals surface area contributed by atoms with Crippen LogP contribution in [0.25, 0.3) is 0 Å². The van der Waals surface area contributed by atoms with Crippen LogP contribution in [0.3, 0.4) is 0 Å². The number of aryl methyl sites for hydroxylation is 1. The van der Waals surface area contributed by atoms with Crippen molar-refractivity contribution in [1.29, 1.82) is 0 Å². The van der Waals surface area contributed by atoms with Gasteiger partial charge < -0.3 is 15.2 Å². The molecular weight excluding hydrogens is 370 g/mol. The summed E-state index contributed by atoms with van der Waals surface area (Å²) in [5.41, 5.74) is 1.91. The number of carbonyl (C=O) groups excluding carboxylic acids is 1. The standard InChI is InChI=1S/C19H22BrNO3/c1-14(7-8-15-5-3-2-4-6-15)21-19(23)13-24-18-10-9-17(20)11-16(18)12-22/h2-6,9-11,14,22H,7-8,12-13H2,1H3,(H,21,23)/t14-/m1/s1. The molecule has 0 aliphatic carbocycles. The number of amides is 1. The Balaban J connectivity index is 1.76. The van der Waals surface area contributed by atoms with E-state index >= 15 is 0 Å². The molecular formula is C19H22BrNO3. The Labute approximate surface area is 151 Å². The quantitative estimate of drug-likeness (QED) is 0.724. The lowest BCUT2D eigenvalue weighted by atomic mass is 10.1. The molecule has 0 spiro atoms. The van der Waals surface area contributed by atoms with Gasteiger partial charge in [-0.05, 0) is 43.5 Å². The van der Waals surface area contributed by atoms with Crippen LogP contribution in [-0.4, -0.2) is 23.7 Å². The van der Waals surface area contributed by atoms with Gasteiger partial charge in [0.25, 0.3) is 5.91 Å². The average molecular weight is 392 g/mol. The van der Waals surface area contributed by atoms with E-state index in [1.54, 1.807) is 12.1 Å². The van der Waals surface area contributed by atoms with Crippen molar-refractivity contribution < 1.29 is 14.6 Å². The number of carbonyl (C=O) groups is 1. The van der Waals surface area contributed by atoms with Gasteiger partial charge in [0.2, 0.25) is 0 Å². The minimum atomic E-state index is -0.164. The molecule has 24 heavy (non-hydrogen) atoms. The Bertz CT molecular complexity index is 661. The molecule has 0 bridgehead atoms. The third-order valence-electron chi connectivity index (χ3n) is 3.67. The van der Waals surface area contributed by atoms with Crippen molar-refractivity contribution in [3.05, 3.63) is 64.1 Å². The van der Waals surface area contributed by atoms with Crippen LogP contribution >= 0.6 is 15.9 Å². The number of aliphatic hydroxyl groups excluding tert-OH is 1. The number of nitrogens with one attached hydrogen (secondary N) is 1. The molecule has 0 unspecified atom stereocenters. The summed E-state index contributed by atoms with van der Waals surface area (Å²) in [7, 11) is 0. The lowest BCUT2D eigenvalue weighted by Gasteiger charge is -2.15. The largest absolute Gasteiger partial charge is 0.483 e. The van der Waals surface area contributed by atoms with Gasteiger partial charge in [-0.15, -0.1) is 0 Å². The van der Waals surface area contributed by atoms with Crippen molar-refractivity contribution in [2.75, 3.05) is 6.61 Å². The molecule has 2 rings (SSSR count). The minimum absolute atomic E-state index is 0.0652. The highest BCUT2D eigenvalue weighted by molar-refractivity contribution is 9.10. The number of hydrogen-bond acceptors (Lipinski definition) is 3. The van der Waals surface area contributed by atoms with Gasteiger partial charge in [-0.1, -0.05) is 46.3 Å². The number of rotatable bonds is 8. The summed E-state index contributed by atoms with van der Waals surface area (Å²) < 4.78 is 6.37. The van der Waals surface area contributed by atoms with E-state index in [0.717, 1.165) is 17.3 Å². The van der Waals surface area contributed by atoms with Gasteiger partial charge in [-0.2, -0.15) is 0 Å². The molecule has 2 N–H and O–H groups in total. The molecule has 0 aromatic heterocycles. The highest BCUT2D eigenvalue weighted by atomic mass is 79.9. The van der Waals surface area contributed by atoms with Crippen molar-refractivity contribution in [3.63, 3.8) is 0 Å². The van der Waals surface area contributed by atoms with E-state index in [4.69, 9.17) is 4.74 Å². The second-order valence-corrected chi connectivity index (χ2v) is 6.61. The highest BCUT2D eigenvalue weighted by Gasteiger charge is 2.10. The van der Waals surface area contributed by atoms with Crippen LogP contribution < -0.4 is 10.1 Å². The van der Waals surface area contributed by atoms with Crippen LogP contribution in [0.4, 0.5) is 0 Å². The molecule has 2 aromatic rings. The van der Waals surface area contributed by atoms with Gasteiger partial charge >= 0.3 is 0 Å². The van der Waals surface area contributed by atoms with E-state index in [-0.39, 0.29) is 25.2 Å². The van der Waals surface area contributed by atoms with E-state index in [2.05, 4.69) is 33.4 Å². The first-order valence-corrected chi connectivity index (χ1v) is 8.73. The molecule has 0 fully saturated rings. The normalized spacial score (nSPS) is 11.8. The Morgan fingerprint density at radius 1 is 1.25 bits per heavy atom. The first kappa shape index (κ1) is 18.5. The van der Waals surface area contributed by atoms with E-state index in [1.165, 1.54) is 5.56 Å².